The van der Waals surface area contributed by atoms with E-state index >= 15 is 0 Å². The zero-order chi connectivity index (χ0) is 9.84. The minimum atomic E-state index is -0.145. The average Bonchev–Trinajstić information content (AvgIpc) is 2.09. The molecule has 0 aliphatic carbocycles. The molecule has 0 amide bonds. The predicted molar refractivity (Wildman–Crippen MR) is 61.4 cm³/mol. The molecule has 0 bridgehead atoms. The van der Waals surface area contributed by atoms with Gasteiger partial charge in [0.1, 0.15) is 0 Å². The average molecular weight is 350 g/mol. The molecule has 0 fully saturated rings. The number of ketones is 1. The van der Waals surface area contributed by atoms with Gasteiger partial charge in [-0.25, -0.2) is 0 Å². The first-order chi connectivity index (χ1) is 6.15. The number of hydrogen-bond acceptors (Lipinski definition) is 2. The lowest BCUT2D eigenvalue weighted by atomic mass is 10.1. The van der Waals surface area contributed by atoms with E-state index in [-0.39, 0.29) is 12.2 Å². The molecule has 0 atom stereocenters. The van der Waals surface area contributed by atoms with Crippen molar-refractivity contribution in [3.63, 3.8) is 0 Å². The summed E-state index contributed by atoms with van der Waals surface area (Å²) < 4.78 is 1.73. The van der Waals surface area contributed by atoms with Crippen LogP contribution in [0.25, 0.3) is 0 Å². The van der Waals surface area contributed by atoms with Crippen LogP contribution in [0.15, 0.2) is 22.7 Å². The highest BCUT2D eigenvalue weighted by molar-refractivity contribution is 14.1. The van der Waals surface area contributed by atoms with Gasteiger partial charge in [-0.1, -0.05) is 15.9 Å². The van der Waals surface area contributed by atoms with Gasteiger partial charge >= 0.3 is 0 Å². The van der Waals surface area contributed by atoms with Crippen LogP contribution in [0.4, 0.5) is 0 Å². The molecule has 1 aromatic rings. The first-order valence-electron chi connectivity index (χ1n) is 3.50. The summed E-state index contributed by atoms with van der Waals surface area (Å²) in [7, 11) is 0. The van der Waals surface area contributed by atoms with Crippen LogP contribution in [0.2, 0.25) is 0 Å². The van der Waals surface area contributed by atoms with Crippen LogP contribution in [0, 0.1) is 14.9 Å². The molecular weight excluding hydrogens is 345 g/mol. The van der Waals surface area contributed by atoms with E-state index in [9.17, 15) is 4.79 Å². The lowest BCUT2D eigenvalue weighted by Crippen LogP contribution is -1.98. The second-order valence-corrected chi connectivity index (χ2v) is 4.48. The number of halogens is 2. The summed E-state index contributed by atoms with van der Waals surface area (Å²) in [4.78, 5) is 11.4. The maximum absolute atomic E-state index is 11.4. The number of carbonyl (C=O) groups excluding carboxylic acids is 1. The van der Waals surface area contributed by atoms with Gasteiger partial charge in [0.2, 0.25) is 0 Å². The molecule has 0 heterocycles. The van der Waals surface area contributed by atoms with Gasteiger partial charge in [-0.05, 0) is 40.8 Å². The maximum Gasteiger partial charge on any atom is 0.178 e. The van der Waals surface area contributed by atoms with Gasteiger partial charge in [0.25, 0.3) is 0 Å². The molecule has 0 aromatic heterocycles. The van der Waals surface area contributed by atoms with Crippen molar-refractivity contribution in [2.45, 2.75) is 6.42 Å². The highest BCUT2D eigenvalue weighted by atomic mass is 127. The van der Waals surface area contributed by atoms with Gasteiger partial charge < -0.3 is 0 Å². The molecule has 66 valence electrons. The maximum atomic E-state index is 11.4. The molecule has 2 nitrogen and oxygen atoms in total. The molecule has 0 unspecified atom stereocenters. The Morgan fingerprint density at radius 1 is 1.62 bits per heavy atom. The second-order valence-electron chi connectivity index (χ2n) is 2.38. The van der Waals surface area contributed by atoms with Crippen molar-refractivity contribution in [2.75, 3.05) is 0 Å². The van der Waals surface area contributed by atoms with Crippen LogP contribution < -0.4 is 0 Å². The van der Waals surface area contributed by atoms with Crippen molar-refractivity contribution < 1.29 is 4.79 Å². The van der Waals surface area contributed by atoms with Crippen LogP contribution in [0.1, 0.15) is 16.8 Å². The number of rotatable bonds is 2. The van der Waals surface area contributed by atoms with E-state index < -0.39 is 0 Å². The number of hydrogen-bond donors (Lipinski definition) is 0. The number of benzene rings is 1. The van der Waals surface area contributed by atoms with Crippen LogP contribution in [-0.2, 0) is 0 Å². The van der Waals surface area contributed by atoms with Crippen LogP contribution in [0.3, 0.4) is 0 Å². The fourth-order valence-electron chi connectivity index (χ4n) is 0.878. The van der Waals surface area contributed by atoms with Gasteiger partial charge in [-0.2, -0.15) is 5.26 Å². The van der Waals surface area contributed by atoms with Crippen molar-refractivity contribution in [3.8, 4) is 6.07 Å². The summed E-state index contributed by atoms with van der Waals surface area (Å²) >= 11 is 5.40. The highest BCUT2D eigenvalue weighted by Crippen LogP contribution is 2.20. The van der Waals surface area contributed by atoms with E-state index in [0.29, 0.717) is 5.56 Å². The summed E-state index contributed by atoms with van der Waals surface area (Å²) in [5.74, 6) is -0.145. The number of Topliss-reactive ketones (excluding diaryl/α,β-unsaturated/α-hetero) is 1. The Morgan fingerprint density at radius 3 is 2.92 bits per heavy atom. The zero-order valence-electron chi connectivity index (χ0n) is 6.55. The smallest absolute Gasteiger partial charge is 0.178 e. The Morgan fingerprint density at radius 2 is 2.31 bits per heavy atom. The van der Waals surface area contributed by atoms with Crippen LogP contribution in [0.5, 0.6) is 0 Å². The Kier molecular flexibility index (Phi) is 3.88. The second kappa shape index (κ2) is 4.72. The van der Waals surface area contributed by atoms with Gasteiger partial charge in [0.15, 0.2) is 5.78 Å². The molecule has 0 spiro atoms. The van der Waals surface area contributed by atoms with E-state index in [2.05, 4.69) is 38.5 Å². The first-order valence-corrected chi connectivity index (χ1v) is 5.37. The number of nitrogens with zero attached hydrogens (tertiary/aromatic N) is 1. The summed E-state index contributed by atoms with van der Waals surface area (Å²) in [6, 6.07) is 7.32. The van der Waals surface area contributed by atoms with E-state index in [1.54, 1.807) is 6.07 Å². The van der Waals surface area contributed by atoms with E-state index in [1.165, 1.54) is 0 Å². The summed E-state index contributed by atoms with van der Waals surface area (Å²) in [6.45, 7) is 0. The largest absolute Gasteiger partial charge is 0.293 e. The lowest BCUT2D eigenvalue weighted by molar-refractivity contribution is 0.0997. The minimum absolute atomic E-state index is 0.0707. The highest BCUT2D eigenvalue weighted by Gasteiger charge is 2.09. The molecular formula is C9H5BrINO. The molecule has 4 heteroatoms. The Hall–Kier alpha value is -0.410. The summed E-state index contributed by atoms with van der Waals surface area (Å²) in [5.41, 5.74) is 0.577. The van der Waals surface area contributed by atoms with Crippen molar-refractivity contribution in [1.82, 2.24) is 0 Å². The van der Waals surface area contributed by atoms with Gasteiger partial charge in [-0.3, -0.25) is 4.79 Å². The number of carbonyl (C=O) groups is 1. The van der Waals surface area contributed by atoms with Crippen LogP contribution >= 0.6 is 38.5 Å². The number of nitriles is 1. The van der Waals surface area contributed by atoms with E-state index in [0.717, 1.165) is 8.04 Å². The normalized spacial score (nSPS) is 9.31. The monoisotopic (exact) mass is 349 g/mol. The summed E-state index contributed by atoms with van der Waals surface area (Å²) in [6.07, 6.45) is -0.0707. The summed E-state index contributed by atoms with van der Waals surface area (Å²) in [5, 5.41) is 8.37. The standard InChI is InChI=1S/C9H5BrINO/c10-8-2-1-6(11)5-7(8)9(13)3-4-12/h1-2,5H,3H2. The predicted octanol–water partition coefficient (Wildman–Crippen LogP) is 3.15. The molecule has 0 aliphatic heterocycles. The molecule has 0 saturated heterocycles. The quantitative estimate of drug-likeness (QED) is 0.608. The Bertz CT molecular complexity index is 384. The molecule has 0 N–H and O–H groups in total. The third kappa shape index (κ3) is 2.78. The van der Waals surface area contributed by atoms with Crippen molar-refractivity contribution in [2.24, 2.45) is 0 Å². The van der Waals surface area contributed by atoms with E-state index in [4.69, 9.17) is 5.26 Å². The van der Waals surface area contributed by atoms with Crippen molar-refractivity contribution in [3.05, 3.63) is 31.8 Å². The van der Waals surface area contributed by atoms with E-state index in [1.807, 2.05) is 18.2 Å². The third-order valence-electron chi connectivity index (χ3n) is 1.47. The SMILES string of the molecule is N#CCC(=O)c1cc(I)ccc1Br. The van der Waals surface area contributed by atoms with Crippen molar-refractivity contribution >= 4 is 44.3 Å². The third-order valence-corrected chi connectivity index (χ3v) is 2.83. The Balaban J connectivity index is 3.07. The molecule has 1 rings (SSSR count). The Labute approximate surface area is 98.2 Å². The van der Waals surface area contributed by atoms with Gasteiger partial charge in [0.05, 0.1) is 12.5 Å². The van der Waals surface area contributed by atoms with Gasteiger partial charge in [0, 0.05) is 13.6 Å². The van der Waals surface area contributed by atoms with Crippen molar-refractivity contribution in [1.29, 1.82) is 5.26 Å². The molecule has 0 saturated carbocycles. The zero-order valence-corrected chi connectivity index (χ0v) is 10.3. The fraction of sp³-hybridized carbons (Fsp3) is 0.111. The molecule has 0 aliphatic rings. The first kappa shape index (κ1) is 10.7. The molecule has 0 radical (unpaired) electrons. The topological polar surface area (TPSA) is 40.9 Å². The van der Waals surface area contributed by atoms with Crippen LogP contribution in [-0.4, -0.2) is 5.78 Å². The minimum Gasteiger partial charge on any atom is -0.293 e. The van der Waals surface area contributed by atoms with Gasteiger partial charge in [-0.15, -0.1) is 0 Å². The fourth-order valence-corrected chi connectivity index (χ4v) is 1.84. The molecule has 1 aromatic carbocycles. The molecule has 13 heavy (non-hydrogen) atoms. The lowest BCUT2D eigenvalue weighted by Gasteiger charge is -2.00.